The average molecular weight is 427 g/mol. The molecule has 4 rings (SSSR count). The minimum absolute atomic E-state index is 0.0703. The van der Waals surface area contributed by atoms with Gasteiger partial charge in [0.05, 0.1) is 11.8 Å². The van der Waals surface area contributed by atoms with Crippen molar-refractivity contribution in [2.45, 2.75) is 45.2 Å². The van der Waals surface area contributed by atoms with Gasteiger partial charge < -0.3 is 10.2 Å². The maximum Gasteiger partial charge on any atom is 0.233 e. The van der Waals surface area contributed by atoms with Gasteiger partial charge in [-0.15, -0.1) is 0 Å². The molecule has 31 heavy (non-hydrogen) atoms. The fraction of sp³-hybridized carbons (Fsp3) is 0.625. The zero-order chi connectivity index (χ0) is 21.8. The summed E-state index contributed by atoms with van der Waals surface area (Å²) in [6, 6.07) is 8.34. The van der Waals surface area contributed by atoms with Crippen LogP contribution >= 0.6 is 0 Å². The van der Waals surface area contributed by atoms with E-state index in [1.54, 1.807) is 0 Å². The molecule has 3 amide bonds. The van der Waals surface area contributed by atoms with Gasteiger partial charge in [0.25, 0.3) is 0 Å². The summed E-state index contributed by atoms with van der Waals surface area (Å²) >= 11 is 0. The van der Waals surface area contributed by atoms with Crippen molar-refractivity contribution in [2.24, 2.45) is 11.8 Å². The highest BCUT2D eigenvalue weighted by atomic mass is 16.2. The molecule has 0 spiro atoms. The predicted octanol–water partition coefficient (Wildman–Crippen LogP) is 1.62. The zero-order valence-electron chi connectivity index (χ0n) is 18.5. The van der Waals surface area contributed by atoms with Gasteiger partial charge in [0.2, 0.25) is 17.7 Å². The maximum absolute atomic E-state index is 12.5. The standard InChI is InChI=1S/C24H34N4O3/c1-26-11-13-27(14-12-26)17-19-6-4-5-18(15-19)16-25-22(29)9-10-28-23(30)20-7-2-3-8-21(20)24(28)31/h4-6,15,20-21H,2-3,7-14,16-17H2,1H3,(H,25,29). The number of piperazine rings is 1. The fourth-order valence-electron chi connectivity index (χ4n) is 5.06. The third-order valence-electron chi connectivity index (χ3n) is 6.98. The molecule has 1 aliphatic carbocycles. The summed E-state index contributed by atoms with van der Waals surface area (Å²) in [5.74, 6) is -0.558. The molecule has 7 nitrogen and oxygen atoms in total. The maximum atomic E-state index is 12.5. The Morgan fingerprint density at radius 3 is 2.32 bits per heavy atom. The van der Waals surface area contributed by atoms with Gasteiger partial charge in [-0.05, 0) is 31.0 Å². The molecule has 2 heterocycles. The van der Waals surface area contributed by atoms with Crippen molar-refractivity contribution in [2.75, 3.05) is 39.8 Å². The number of likely N-dealkylation sites (N-methyl/N-ethyl adjacent to an activating group) is 1. The summed E-state index contributed by atoms with van der Waals surface area (Å²) in [6.07, 6.45) is 3.81. The van der Waals surface area contributed by atoms with Crippen LogP contribution in [-0.4, -0.2) is 72.2 Å². The first kappa shape index (κ1) is 22.0. The Labute approximate surface area is 184 Å². The summed E-state index contributed by atoms with van der Waals surface area (Å²) in [6.45, 7) is 5.93. The molecule has 1 aromatic rings. The van der Waals surface area contributed by atoms with Crippen LogP contribution in [0.25, 0.3) is 0 Å². The third-order valence-corrected chi connectivity index (χ3v) is 6.98. The first-order valence-corrected chi connectivity index (χ1v) is 11.6. The van der Waals surface area contributed by atoms with Gasteiger partial charge >= 0.3 is 0 Å². The van der Waals surface area contributed by atoms with Crippen LogP contribution in [0.5, 0.6) is 0 Å². The van der Waals surface area contributed by atoms with Gasteiger partial charge in [-0.1, -0.05) is 37.1 Å². The number of fused-ring (bicyclic) bond motifs is 1. The Bertz CT molecular complexity index is 795. The van der Waals surface area contributed by atoms with Crippen molar-refractivity contribution < 1.29 is 14.4 Å². The molecule has 3 aliphatic rings. The van der Waals surface area contributed by atoms with E-state index in [1.807, 2.05) is 12.1 Å². The van der Waals surface area contributed by atoms with E-state index >= 15 is 0 Å². The lowest BCUT2D eigenvalue weighted by molar-refractivity contribution is -0.140. The Morgan fingerprint density at radius 1 is 1.00 bits per heavy atom. The summed E-state index contributed by atoms with van der Waals surface area (Å²) < 4.78 is 0. The zero-order valence-corrected chi connectivity index (χ0v) is 18.5. The minimum atomic E-state index is -0.146. The van der Waals surface area contributed by atoms with Gasteiger partial charge in [-0.2, -0.15) is 0 Å². The predicted molar refractivity (Wildman–Crippen MR) is 118 cm³/mol. The molecule has 2 aliphatic heterocycles. The number of hydrogen-bond acceptors (Lipinski definition) is 5. The summed E-state index contributed by atoms with van der Waals surface area (Å²) in [4.78, 5) is 43.6. The van der Waals surface area contributed by atoms with Crippen molar-refractivity contribution in [3.05, 3.63) is 35.4 Å². The van der Waals surface area contributed by atoms with Crippen molar-refractivity contribution in [1.29, 1.82) is 0 Å². The fourth-order valence-corrected chi connectivity index (χ4v) is 5.06. The Balaban J connectivity index is 1.23. The highest BCUT2D eigenvalue weighted by Crippen LogP contribution is 2.37. The van der Waals surface area contributed by atoms with E-state index in [-0.39, 0.29) is 42.5 Å². The normalized spacial score (nSPS) is 25.0. The van der Waals surface area contributed by atoms with Crippen LogP contribution in [0, 0.1) is 11.8 Å². The second-order valence-electron chi connectivity index (χ2n) is 9.25. The summed E-state index contributed by atoms with van der Waals surface area (Å²) in [7, 11) is 2.16. The quantitative estimate of drug-likeness (QED) is 0.671. The molecule has 1 aromatic carbocycles. The van der Waals surface area contributed by atoms with Crippen LogP contribution in [0.15, 0.2) is 24.3 Å². The van der Waals surface area contributed by atoms with Gasteiger partial charge in [0.15, 0.2) is 0 Å². The van der Waals surface area contributed by atoms with E-state index in [2.05, 4.69) is 34.3 Å². The number of hydrogen-bond donors (Lipinski definition) is 1. The van der Waals surface area contributed by atoms with E-state index in [4.69, 9.17) is 0 Å². The molecule has 2 saturated heterocycles. The van der Waals surface area contributed by atoms with E-state index in [9.17, 15) is 14.4 Å². The first-order chi connectivity index (χ1) is 15.0. The van der Waals surface area contributed by atoms with Gasteiger partial charge in [-0.25, -0.2) is 0 Å². The summed E-state index contributed by atoms with van der Waals surface area (Å²) in [5, 5.41) is 2.94. The van der Waals surface area contributed by atoms with Crippen LogP contribution in [0.3, 0.4) is 0 Å². The molecule has 1 N–H and O–H groups in total. The Hall–Kier alpha value is -2.25. The molecule has 1 saturated carbocycles. The molecular formula is C24H34N4O3. The number of carbonyl (C=O) groups is 3. The van der Waals surface area contributed by atoms with Gasteiger partial charge in [0.1, 0.15) is 0 Å². The van der Waals surface area contributed by atoms with Crippen molar-refractivity contribution in [3.8, 4) is 0 Å². The highest BCUT2D eigenvalue weighted by Gasteiger charge is 2.47. The lowest BCUT2D eigenvalue weighted by Crippen LogP contribution is -2.43. The van der Waals surface area contributed by atoms with E-state index in [0.29, 0.717) is 6.54 Å². The van der Waals surface area contributed by atoms with Gasteiger partial charge in [0, 0.05) is 52.2 Å². The second kappa shape index (κ2) is 9.92. The number of imide groups is 1. The number of carbonyl (C=O) groups excluding carboxylic acids is 3. The number of nitrogens with one attached hydrogen (secondary N) is 1. The largest absolute Gasteiger partial charge is 0.352 e. The lowest BCUT2D eigenvalue weighted by atomic mass is 9.81. The molecule has 0 bridgehead atoms. The van der Waals surface area contributed by atoms with Crippen LogP contribution < -0.4 is 5.32 Å². The van der Waals surface area contributed by atoms with Crippen LogP contribution in [0.2, 0.25) is 0 Å². The van der Waals surface area contributed by atoms with Crippen molar-refractivity contribution >= 4 is 17.7 Å². The molecule has 2 unspecified atom stereocenters. The van der Waals surface area contributed by atoms with E-state index in [1.165, 1.54) is 10.5 Å². The number of nitrogens with zero attached hydrogens (tertiary/aromatic N) is 3. The lowest BCUT2D eigenvalue weighted by Gasteiger charge is -2.32. The monoisotopic (exact) mass is 426 g/mol. The minimum Gasteiger partial charge on any atom is -0.352 e. The molecule has 2 atom stereocenters. The number of amides is 3. The molecule has 3 fully saturated rings. The van der Waals surface area contributed by atoms with Crippen LogP contribution in [-0.2, 0) is 27.5 Å². The summed E-state index contributed by atoms with van der Waals surface area (Å²) in [5.41, 5.74) is 2.33. The molecule has 7 heteroatoms. The molecule has 0 aromatic heterocycles. The van der Waals surface area contributed by atoms with E-state index in [0.717, 1.165) is 64.0 Å². The van der Waals surface area contributed by atoms with Gasteiger partial charge in [-0.3, -0.25) is 24.2 Å². The third kappa shape index (κ3) is 5.33. The van der Waals surface area contributed by atoms with Crippen molar-refractivity contribution in [3.63, 3.8) is 0 Å². The molecule has 0 radical (unpaired) electrons. The Morgan fingerprint density at radius 2 is 1.65 bits per heavy atom. The highest BCUT2D eigenvalue weighted by molar-refractivity contribution is 6.05. The van der Waals surface area contributed by atoms with Crippen molar-refractivity contribution in [1.82, 2.24) is 20.0 Å². The first-order valence-electron chi connectivity index (χ1n) is 11.6. The molecule has 168 valence electrons. The average Bonchev–Trinajstić information content (AvgIpc) is 3.03. The topological polar surface area (TPSA) is 73.0 Å². The number of benzene rings is 1. The van der Waals surface area contributed by atoms with E-state index < -0.39 is 0 Å². The second-order valence-corrected chi connectivity index (χ2v) is 9.25. The Kier molecular flexibility index (Phi) is 7.02. The SMILES string of the molecule is CN1CCN(Cc2cccc(CNC(=O)CCN3C(=O)C4CCCCC4C3=O)c2)CC1. The number of rotatable bonds is 7. The smallest absolute Gasteiger partial charge is 0.233 e. The van der Waals surface area contributed by atoms with Crippen LogP contribution in [0.4, 0.5) is 0 Å². The molecular weight excluding hydrogens is 392 g/mol. The van der Waals surface area contributed by atoms with Crippen LogP contribution in [0.1, 0.15) is 43.2 Å². The number of likely N-dealkylation sites (tertiary alicyclic amines) is 1.